The number of hydrogen-bond donors (Lipinski definition) is 2. The predicted octanol–water partition coefficient (Wildman–Crippen LogP) is 1.12. The molecule has 1 rings (SSSR count). The number of nitrogens with one attached hydrogen (secondary N) is 1. The first-order chi connectivity index (χ1) is 9.26. The van der Waals surface area contributed by atoms with Crippen LogP contribution in [0.1, 0.15) is 47.0 Å². The molecule has 0 saturated carbocycles. The zero-order chi connectivity index (χ0) is 15.4. The van der Waals surface area contributed by atoms with Crippen LogP contribution in [0.15, 0.2) is 0 Å². The van der Waals surface area contributed by atoms with Crippen molar-refractivity contribution in [1.29, 1.82) is 0 Å². The van der Waals surface area contributed by atoms with Crippen molar-refractivity contribution in [1.82, 2.24) is 10.2 Å². The lowest BCUT2D eigenvalue weighted by molar-refractivity contribution is -0.125. The van der Waals surface area contributed by atoms with Crippen LogP contribution < -0.4 is 11.1 Å². The molecule has 0 bridgehead atoms. The van der Waals surface area contributed by atoms with E-state index in [1.807, 2.05) is 13.8 Å². The highest BCUT2D eigenvalue weighted by Gasteiger charge is 2.37. The first kappa shape index (κ1) is 17.4. The summed E-state index contributed by atoms with van der Waals surface area (Å²) in [5, 5.41) is 3.23. The molecule has 0 aromatic heterocycles. The van der Waals surface area contributed by atoms with Gasteiger partial charge in [0.15, 0.2) is 0 Å². The molecule has 1 fully saturated rings. The minimum atomic E-state index is -0.644. The molecule has 118 valence electrons. The van der Waals surface area contributed by atoms with Crippen molar-refractivity contribution in [3.63, 3.8) is 0 Å². The zero-order valence-electron chi connectivity index (χ0n) is 13.7. The number of likely N-dealkylation sites (tertiary alicyclic amines) is 1. The van der Waals surface area contributed by atoms with Crippen molar-refractivity contribution in [2.24, 2.45) is 5.73 Å². The van der Waals surface area contributed by atoms with E-state index in [1.165, 1.54) is 0 Å². The number of ether oxygens (including phenoxy) is 1. The summed E-state index contributed by atoms with van der Waals surface area (Å²) in [4.78, 5) is 14.1. The van der Waals surface area contributed by atoms with Crippen molar-refractivity contribution in [3.8, 4) is 0 Å². The first-order valence-corrected chi connectivity index (χ1v) is 7.60. The van der Waals surface area contributed by atoms with Crippen LogP contribution in [0.5, 0.6) is 0 Å². The Morgan fingerprint density at radius 3 is 2.75 bits per heavy atom. The molecule has 1 saturated heterocycles. The van der Waals surface area contributed by atoms with Gasteiger partial charge in [0, 0.05) is 19.7 Å². The molecule has 3 atom stereocenters. The molecule has 1 heterocycles. The highest BCUT2D eigenvalue weighted by atomic mass is 16.5. The van der Waals surface area contributed by atoms with Crippen LogP contribution in [0, 0.1) is 0 Å². The fourth-order valence-electron chi connectivity index (χ4n) is 3.16. The highest BCUT2D eigenvalue weighted by Crippen LogP contribution is 2.27. The largest absolute Gasteiger partial charge is 0.377 e. The zero-order valence-corrected chi connectivity index (χ0v) is 13.7. The van der Waals surface area contributed by atoms with E-state index >= 15 is 0 Å². The summed E-state index contributed by atoms with van der Waals surface area (Å²) in [6.45, 7) is 10.9. The molecular weight excluding hydrogens is 254 g/mol. The van der Waals surface area contributed by atoms with Crippen molar-refractivity contribution in [3.05, 3.63) is 0 Å². The van der Waals surface area contributed by atoms with Gasteiger partial charge in [0.1, 0.15) is 0 Å². The fourth-order valence-corrected chi connectivity index (χ4v) is 3.16. The van der Waals surface area contributed by atoms with Crippen LogP contribution in [0.4, 0.5) is 0 Å². The number of piperidine rings is 1. The van der Waals surface area contributed by atoms with Gasteiger partial charge in [0.05, 0.1) is 11.1 Å². The van der Waals surface area contributed by atoms with Gasteiger partial charge in [0.2, 0.25) is 5.91 Å². The van der Waals surface area contributed by atoms with E-state index in [0.717, 1.165) is 38.9 Å². The molecule has 5 heteroatoms. The third-order valence-electron chi connectivity index (χ3n) is 4.62. The Morgan fingerprint density at radius 1 is 1.60 bits per heavy atom. The van der Waals surface area contributed by atoms with Crippen LogP contribution >= 0.6 is 0 Å². The second-order valence-electron chi connectivity index (χ2n) is 6.51. The number of hydrogen-bond acceptors (Lipinski definition) is 4. The van der Waals surface area contributed by atoms with Crippen LogP contribution in [0.25, 0.3) is 0 Å². The summed E-state index contributed by atoms with van der Waals surface area (Å²) < 4.78 is 5.64. The lowest BCUT2D eigenvalue weighted by Crippen LogP contribution is -2.58. The van der Waals surface area contributed by atoms with Crippen molar-refractivity contribution in [2.75, 3.05) is 26.7 Å². The van der Waals surface area contributed by atoms with Crippen LogP contribution in [0.3, 0.4) is 0 Å². The van der Waals surface area contributed by atoms with E-state index in [-0.39, 0.29) is 11.5 Å². The maximum absolute atomic E-state index is 11.7. The molecule has 5 nitrogen and oxygen atoms in total. The predicted molar refractivity (Wildman–Crippen MR) is 81.6 cm³/mol. The third-order valence-corrected chi connectivity index (χ3v) is 4.62. The minimum Gasteiger partial charge on any atom is -0.377 e. The van der Waals surface area contributed by atoms with Crippen molar-refractivity contribution >= 4 is 5.91 Å². The maximum atomic E-state index is 11.7. The average Bonchev–Trinajstić information content (AvgIpc) is 2.38. The number of primary amides is 1. The van der Waals surface area contributed by atoms with E-state index in [2.05, 4.69) is 24.1 Å². The quantitative estimate of drug-likeness (QED) is 0.735. The number of carbonyl (C=O) groups is 1. The molecule has 0 aromatic rings. The van der Waals surface area contributed by atoms with Gasteiger partial charge in [-0.3, -0.25) is 9.69 Å². The molecule has 3 N–H and O–H groups in total. The second-order valence-corrected chi connectivity index (χ2v) is 6.51. The monoisotopic (exact) mass is 285 g/mol. The van der Waals surface area contributed by atoms with Gasteiger partial charge in [-0.05, 0) is 53.1 Å². The summed E-state index contributed by atoms with van der Waals surface area (Å²) in [7, 11) is 1.78. The second kappa shape index (κ2) is 6.87. The summed E-state index contributed by atoms with van der Waals surface area (Å²) in [5.74, 6) is -0.280. The van der Waals surface area contributed by atoms with Gasteiger partial charge in [-0.1, -0.05) is 6.92 Å². The van der Waals surface area contributed by atoms with E-state index in [0.29, 0.717) is 6.04 Å². The molecule has 20 heavy (non-hydrogen) atoms. The van der Waals surface area contributed by atoms with Crippen molar-refractivity contribution in [2.45, 2.75) is 64.1 Å². The number of carbonyl (C=O) groups excluding carboxylic acids is 1. The molecule has 1 aliphatic rings. The van der Waals surface area contributed by atoms with E-state index in [4.69, 9.17) is 10.5 Å². The third kappa shape index (κ3) is 4.17. The Bertz CT molecular complexity index is 337. The summed E-state index contributed by atoms with van der Waals surface area (Å²) >= 11 is 0. The van der Waals surface area contributed by atoms with Crippen LogP contribution in [-0.4, -0.2) is 54.7 Å². The number of rotatable bonds is 7. The molecule has 0 aromatic carbocycles. The lowest BCUT2D eigenvalue weighted by Gasteiger charge is -2.44. The number of likely N-dealkylation sites (N-methyl/N-ethyl adjacent to an activating group) is 1. The summed E-state index contributed by atoms with van der Waals surface area (Å²) in [5.41, 5.74) is 4.85. The highest BCUT2D eigenvalue weighted by molar-refractivity contribution is 5.84. The molecule has 1 amide bonds. The molecule has 0 aliphatic carbocycles. The Morgan fingerprint density at radius 2 is 2.25 bits per heavy atom. The van der Waals surface area contributed by atoms with Crippen LogP contribution in [-0.2, 0) is 9.53 Å². The molecule has 3 unspecified atom stereocenters. The number of nitrogens with zero attached hydrogens (tertiary/aromatic N) is 1. The first-order valence-electron chi connectivity index (χ1n) is 7.60. The SMILES string of the molecule is CCNC(C)(CC(C)N1CCCC(C)(OC)C1)C(N)=O. The van der Waals surface area contributed by atoms with Gasteiger partial charge in [-0.2, -0.15) is 0 Å². The normalized spacial score (nSPS) is 28.9. The number of amides is 1. The molecule has 1 aliphatic heterocycles. The topological polar surface area (TPSA) is 67.6 Å². The van der Waals surface area contributed by atoms with E-state index in [9.17, 15) is 4.79 Å². The Kier molecular flexibility index (Phi) is 5.98. The van der Waals surface area contributed by atoms with Gasteiger partial charge in [-0.25, -0.2) is 0 Å². The molecule has 0 spiro atoms. The lowest BCUT2D eigenvalue weighted by atomic mass is 9.88. The van der Waals surface area contributed by atoms with Gasteiger partial charge >= 0.3 is 0 Å². The number of methoxy groups -OCH3 is 1. The fraction of sp³-hybridized carbons (Fsp3) is 0.933. The Hall–Kier alpha value is -0.650. The summed E-state index contributed by atoms with van der Waals surface area (Å²) in [6, 6.07) is 0.293. The smallest absolute Gasteiger partial charge is 0.237 e. The molecular formula is C15H31N3O2. The van der Waals surface area contributed by atoms with Gasteiger partial charge in [0.25, 0.3) is 0 Å². The summed E-state index contributed by atoms with van der Waals surface area (Å²) in [6.07, 6.45) is 2.94. The minimum absolute atomic E-state index is 0.0756. The van der Waals surface area contributed by atoms with Gasteiger partial charge in [-0.15, -0.1) is 0 Å². The molecule has 0 radical (unpaired) electrons. The van der Waals surface area contributed by atoms with E-state index < -0.39 is 5.54 Å². The van der Waals surface area contributed by atoms with Crippen molar-refractivity contribution < 1.29 is 9.53 Å². The van der Waals surface area contributed by atoms with Gasteiger partial charge < -0.3 is 15.8 Å². The average molecular weight is 285 g/mol. The standard InChI is InChI=1S/C15H31N3O2/c1-6-17-15(4,13(16)19)10-12(2)18-9-7-8-14(3,11-18)20-5/h12,17H,6-11H2,1-5H3,(H2,16,19). The Labute approximate surface area is 123 Å². The number of nitrogens with two attached hydrogens (primary N) is 1. The maximum Gasteiger partial charge on any atom is 0.237 e. The van der Waals surface area contributed by atoms with Crippen LogP contribution in [0.2, 0.25) is 0 Å². The van der Waals surface area contributed by atoms with E-state index in [1.54, 1.807) is 7.11 Å². The Balaban J connectivity index is 2.69.